The molecule has 1 heterocycles. The fourth-order valence-electron chi connectivity index (χ4n) is 4.51. The molecule has 0 aliphatic heterocycles. The number of nitrogens with zero attached hydrogens (tertiary/aromatic N) is 2. The first-order valence-corrected chi connectivity index (χ1v) is 13.8. The van der Waals surface area contributed by atoms with Crippen LogP contribution in [0.5, 0.6) is 0 Å². The van der Waals surface area contributed by atoms with Crippen LogP contribution in [0.25, 0.3) is 34.5 Å². The Morgan fingerprint density at radius 3 is 2.33 bits per heavy atom. The number of imidazole rings is 1. The predicted octanol–water partition coefficient (Wildman–Crippen LogP) is 9.64. The number of methoxy groups -OCH3 is 1. The molecule has 0 unspecified atom stereocenters. The molecule has 4 nitrogen and oxygen atoms in total. The zero-order chi connectivity index (χ0) is 29.9. The molecular weight excluding hydrogens is 577 g/mol. The van der Waals surface area contributed by atoms with E-state index >= 15 is 0 Å². The Morgan fingerprint density at radius 1 is 0.929 bits per heavy atom. The molecule has 0 saturated carbocycles. The second-order valence-corrected chi connectivity index (χ2v) is 10.7. The summed E-state index contributed by atoms with van der Waals surface area (Å²) in [5.74, 6) is -2.61. The molecule has 4 aromatic carbocycles. The zero-order valence-electron chi connectivity index (χ0n) is 22.8. The number of ether oxygens (including phenoxy) is 1. The number of hydrogen-bond donors (Lipinski definition) is 0. The fraction of sp³-hybridized carbons (Fsp3) is 0.118. The SMILES string of the molecule is COC(=O)c1ccc(Cn2cc(-c3ccc(Cl)cc3Cl)nc2/C=C/c2ccc(-c3cccc(C(C)(F)F)c3)cc2)cc1. The standard InChI is InChI=1S/C34H26Cl2F2N2O2/c1-34(37,38)27-5-3-4-26(18-27)24-11-6-22(7-12-24)10-17-32-39-31(29-16-15-28(35)19-30(29)36)21-40(32)20-23-8-13-25(14-9-23)33(41)42-2/h3-19,21H,20H2,1-2H3/b17-10+. The lowest BCUT2D eigenvalue weighted by molar-refractivity contribution is 0.0175. The predicted molar refractivity (Wildman–Crippen MR) is 165 cm³/mol. The van der Waals surface area contributed by atoms with E-state index in [2.05, 4.69) is 0 Å². The van der Waals surface area contributed by atoms with E-state index < -0.39 is 11.9 Å². The third-order valence-electron chi connectivity index (χ3n) is 6.78. The Hall–Kier alpha value is -4.26. The molecule has 1 aromatic heterocycles. The van der Waals surface area contributed by atoms with E-state index in [1.165, 1.54) is 19.2 Å². The fourth-order valence-corrected chi connectivity index (χ4v) is 5.01. The third-order valence-corrected chi connectivity index (χ3v) is 7.33. The highest BCUT2D eigenvalue weighted by Gasteiger charge is 2.24. The van der Waals surface area contributed by atoms with E-state index in [0.717, 1.165) is 34.7 Å². The van der Waals surface area contributed by atoms with Crippen LogP contribution in [0.4, 0.5) is 8.78 Å². The van der Waals surface area contributed by atoms with Gasteiger partial charge < -0.3 is 9.30 Å². The molecule has 0 spiro atoms. The summed E-state index contributed by atoms with van der Waals surface area (Å²) in [7, 11) is 1.35. The number of aromatic nitrogens is 2. The normalized spacial score (nSPS) is 11.7. The number of hydrogen-bond acceptors (Lipinski definition) is 3. The molecule has 0 amide bonds. The maximum absolute atomic E-state index is 13.8. The Bertz CT molecular complexity index is 1760. The second kappa shape index (κ2) is 12.3. The summed E-state index contributed by atoms with van der Waals surface area (Å²) < 4.78 is 34.4. The van der Waals surface area contributed by atoms with Gasteiger partial charge in [-0.1, -0.05) is 83.9 Å². The molecule has 5 rings (SSSR count). The monoisotopic (exact) mass is 602 g/mol. The van der Waals surface area contributed by atoms with Gasteiger partial charge in [-0.2, -0.15) is 0 Å². The Balaban J connectivity index is 1.44. The third kappa shape index (κ3) is 6.78. The molecule has 0 radical (unpaired) electrons. The first-order chi connectivity index (χ1) is 20.1. The Morgan fingerprint density at radius 2 is 1.67 bits per heavy atom. The van der Waals surface area contributed by atoms with E-state index in [4.69, 9.17) is 32.9 Å². The van der Waals surface area contributed by atoms with Crippen LogP contribution in [0.15, 0.2) is 97.2 Å². The molecule has 0 bridgehead atoms. The van der Waals surface area contributed by atoms with Crippen molar-refractivity contribution in [3.05, 3.63) is 135 Å². The number of rotatable bonds is 8. The quantitative estimate of drug-likeness (QED) is 0.166. The first-order valence-electron chi connectivity index (χ1n) is 13.1. The van der Waals surface area contributed by atoms with Crippen molar-refractivity contribution in [2.45, 2.75) is 19.4 Å². The van der Waals surface area contributed by atoms with Crippen molar-refractivity contribution in [3.8, 4) is 22.4 Å². The van der Waals surface area contributed by atoms with E-state index in [0.29, 0.717) is 33.7 Å². The first kappa shape index (κ1) is 29.2. The molecule has 0 saturated heterocycles. The van der Waals surface area contributed by atoms with Crippen LogP contribution >= 0.6 is 23.2 Å². The minimum absolute atomic E-state index is 0.0210. The van der Waals surface area contributed by atoms with Crippen molar-refractivity contribution in [1.82, 2.24) is 9.55 Å². The van der Waals surface area contributed by atoms with Crippen molar-refractivity contribution in [2.24, 2.45) is 0 Å². The lowest BCUT2D eigenvalue weighted by Crippen LogP contribution is -2.06. The average Bonchev–Trinajstić information content (AvgIpc) is 3.37. The zero-order valence-corrected chi connectivity index (χ0v) is 24.3. The molecular formula is C34H26Cl2F2N2O2. The molecule has 8 heteroatoms. The van der Waals surface area contributed by atoms with Crippen LogP contribution in [0.3, 0.4) is 0 Å². The van der Waals surface area contributed by atoms with Gasteiger partial charge in [0, 0.05) is 35.8 Å². The van der Waals surface area contributed by atoms with Gasteiger partial charge in [0.25, 0.3) is 5.92 Å². The van der Waals surface area contributed by atoms with Crippen LogP contribution in [0.1, 0.15) is 39.8 Å². The minimum Gasteiger partial charge on any atom is -0.465 e. The van der Waals surface area contributed by atoms with Gasteiger partial charge in [0.2, 0.25) is 0 Å². The van der Waals surface area contributed by atoms with E-state index in [9.17, 15) is 13.6 Å². The van der Waals surface area contributed by atoms with Gasteiger partial charge in [-0.05, 0) is 64.7 Å². The van der Waals surface area contributed by atoms with Gasteiger partial charge in [0.05, 0.1) is 23.4 Å². The summed E-state index contributed by atoms with van der Waals surface area (Å²) in [6.45, 7) is 1.39. The summed E-state index contributed by atoms with van der Waals surface area (Å²) in [5, 5.41) is 1.03. The number of carbonyl (C=O) groups is 1. The van der Waals surface area contributed by atoms with Crippen molar-refractivity contribution in [1.29, 1.82) is 0 Å². The lowest BCUT2D eigenvalue weighted by Gasteiger charge is -2.12. The maximum Gasteiger partial charge on any atom is 0.337 e. The summed E-state index contributed by atoms with van der Waals surface area (Å²) in [6, 6.07) is 26.5. The van der Waals surface area contributed by atoms with Gasteiger partial charge in [0.1, 0.15) is 5.82 Å². The Kier molecular flexibility index (Phi) is 8.57. The summed E-state index contributed by atoms with van der Waals surface area (Å²) in [4.78, 5) is 16.7. The van der Waals surface area contributed by atoms with Crippen molar-refractivity contribution >= 4 is 41.3 Å². The smallest absolute Gasteiger partial charge is 0.337 e. The molecule has 42 heavy (non-hydrogen) atoms. The molecule has 5 aromatic rings. The highest BCUT2D eigenvalue weighted by Crippen LogP contribution is 2.32. The molecule has 0 fully saturated rings. The largest absolute Gasteiger partial charge is 0.465 e. The van der Waals surface area contributed by atoms with Crippen molar-refractivity contribution < 1.29 is 18.3 Å². The summed E-state index contributed by atoms with van der Waals surface area (Å²) >= 11 is 12.6. The van der Waals surface area contributed by atoms with E-state index in [-0.39, 0.29) is 5.56 Å². The maximum atomic E-state index is 13.8. The van der Waals surface area contributed by atoms with E-state index in [1.807, 2.05) is 71.4 Å². The van der Waals surface area contributed by atoms with Crippen LogP contribution in [-0.2, 0) is 17.2 Å². The number of halogens is 4. The van der Waals surface area contributed by atoms with Gasteiger partial charge in [0.15, 0.2) is 0 Å². The molecule has 0 aliphatic rings. The molecule has 0 N–H and O–H groups in total. The second-order valence-electron chi connectivity index (χ2n) is 9.85. The van der Waals surface area contributed by atoms with Gasteiger partial charge in [-0.3, -0.25) is 0 Å². The topological polar surface area (TPSA) is 44.1 Å². The summed E-state index contributed by atoms with van der Waals surface area (Å²) in [6.07, 6.45) is 5.76. The highest BCUT2D eigenvalue weighted by molar-refractivity contribution is 6.36. The molecule has 0 atom stereocenters. The summed E-state index contributed by atoms with van der Waals surface area (Å²) in [5.41, 5.74) is 5.33. The molecule has 0 aliphatic carbocycles. The van der Waals surface area contributed by atoms with Crippen LogP contribution in [-0.4, -0.2) is 22.6 Å². The average molecular weight is 603 g/mol. The number of esters is 1. The molecule has 212 valence electrons. The van der Waals surface area contributed by atoms with Crippen LogP contribution in [0, 0.1) is 0 Å². The van der Waals surface area contributed by atoms with Crippen molar-refractivity contribution in [3.63, 3.8) is 0 Å². The Labute approximate surface area is 252 Å². The number of alkyl halides is 2. The highest BCUT2D eigenvalue weighted by atomic mass is 35.5. The van der Waals surface area contributed by atoms with E-state index in [1.54, 1.807) is 30.3 Å². The number of carbonyl (C=O) groups excluding carboxylic acids is 1. The van der Waals surface area contributed by atoms with Gasteiger partial charge in [-0.15, -0.1) is 0 Å². The van der Waals surface area contributed by atoms with Crippen molar-refractivity contribution in [2.75, 3.05) is 7.11 Å². The van der Waals surface area contributed by atoms with Crippen LogP contribution < -0.4 is 0 Å². The van der Waals surface area contributed by atoms with Crippen LogP contribution in [0.2, 0.25) is 10.0 Å². The van der Waals surface area contributed by atoms with Gasteiger partial charge >= 0.3 is 5.97 Å². The van der Waals surface area contributed by atoms with Gasteiger partial charge in [-0.25, -0.2) is 18.6 Å². The number of benzene rings is 4. The minimum atomic E-state index is -2.90. The lowest BCUT2D eigenvalue weighted by atomic mass is 10.00.